The molecule has 0 bridgehead atoms. The minimum atomic E-state index is -0.351. The van der Waals surface area contributed by atoms with Crippen LogP contribution in [0.25, 0.3) is 11.3 Å². The molecule has 0 unspecified atom stereocenters. The van der Waals surface area contributed by atoms with Crippen molar-refractivity contribution in [3.8, 4) is 11.3 Å². The van der Waals surface area contributed by atoms with E-state index in [4.69, 9.17) is 4.74 Å². The Hall–Kier alpha value is -2.37. The zero-order chi connectivity index (χ0) is 17.9. The number of aromatic nitrogens is 3. The van der Waals surface area contributed by atoms with Crippen molar-refractivity contribution in [3.63, 3.8) is 0 Å². The molecule has 4 rings (SSSR count). The second-order valence-corrected chi connectivity index (χ2v) is 7.23. The van der Waals surface area contributed by atoms with Gasteiger partial charge in [0.1, 0.15) is 5.82 Å². The minimum absolute atomic E-state index is 0.351. The molecule has 0 amide bonds. The highest BCUT2D eigenvalue weighted by Gasteiger charge is 2.25. The maximum absolute atomic E-state index is 12.1. The maximum atomic E-state index is 12.1. The summed E-state index contributed by atoms with van der Waals surface area (Å²) in [6.45, 7) is 2.02. The highest BCUT2D eigenvalue weighted by Crippen LogP contribution is 2.36. The van der Waals surface area contributed by atoms with Crippen LogP contribution in [0.3, 0.4) is 0 Å². The zero-order valence-corrected chi connectivity index (χ0v) is 15.4. The van der Waals surface area contributed by atoms with E-state index < -0.39 is 0 Å². The topological polar surface area (TPSA) is 60.2 Å². The molecule has 0 aromatic carbocycles. The molecule has 0 radical (unpaired) electrons. The molecule has 6 nitrogen and oxygen atoms in total. The first kappa shape index (κ1) is 17.1. The molecule has 1 aliphatic carbocycles. The summed E-state index contributed by atoms with van der Waals surface area (Å²) in [5, 5.41) is 4.63. The van der Waals surface area contributed by atoms with Gasteiger partial charge in [0.05, 0.1) is 24.4 Å². The summed E-state index contributed by atoms with van der Waals surface area (Å²) in [7, 11) is 1.41. The Labute approximate surface area is 154 Å². The van der Waals surface area contributed by atoms with Gasteiger partial charge in [-0.25, -0.2) is 9.78 Å². The van der Waals surface area contributed by atoms with Gasteiger partial charge in [-0.3, -0.25) is 4.68 Å². The fourth-order valence-corrected chi connectivity index (χ4v) is 4.20. The van der Waals surface area contributed by atoms with Crippen LogP contribution in [0.5, 0.6) is 0 Å². The molecule has 0 spiro atoms. The zero-order valence-electron chi connectivity index (χ0n) is 15.4. The van der Waals surface area contributed by atoms with Gasteiger partial charge >= 0.3 is 5.97 Å². The molecule has 1 saturated carbocycles. The second-order valence-electron chi connectivity index (χ2n) is 7.23. The van der Waals surface area contributed by atoms with E-state index in [-0.39, 0.29) is 5.97 Å². The SMILES string of the molecule is COC(=O)c1cnc(N2CCCC2)c(-c2ccnn2C2CCCCC2)c1. The van der Waals surface area contributed by atoms with Crippen LogP contribution >= 0.6 is 0 Å². The summed E-state index contributed by atoms with van der Waals surface area (Å²) in [5.41, 5.74) is 2.52. The number of rotatable bonds is 4. The lowest BCUT2D eigenvalue weighted by Crippen LogP contribution is -2.21. The quantitative estimate of drug-likeness (QED) is 0.781. The van der Waals surface area contributed by atoms with Crippen molar-refractivity contribution < 1.29 is 9.53 Å². The van der Waals surface area contributed by atoms with Crippen molar-refractivity contribution in [3.05, 3.63) is 30.1 Å². The van der Waals surface area contributed by atoms with Gasteiger partial charge in [-0.15, -0.1) is 0 Å². The number of nitrogens with zero attached hydrogens (tertiary/aromatic N) is 4. The molecule has 138 valence electrons. The molecular weight excluding hydrogens is 328 g/mol. The van der Waals surface area contributed by atoms with Crippen molar-refractivity contribution in [1.82, 2.24) is 14.8 Å². The van der Waals surface area contributed by atoms with E-state index in [1.807, 2.05) is 18.3 Å². The van der Waals surface area contributed by atoms with Crippen LogP contribution in [0.2, 0.25) is 0 Å². The van der Waals surface area contributed by atoms with Gasteiger partial charge in [0.2, 0.25) is 0 Å². The first-order valence-corrected chi connectivity index (χ1v) is 9.65. The highest BCUT2D eigenvalue weighted by atomic mass is 16.5. The predicted octanol–water partition coefficient (Wildman–Crippen LogP) is 3.84. The smallest absolute Gasteiger partial charge is 0.339 e. The molecule has 0 atom stereocenters. The number of carbonyl (C=O) groups excluding carboxylic acids is 1. The molecular formula is C20H26N4O2. The monoisotopic (exact) mass is 354 g/mol. The van der Waals surface area contributed by atoms with Crippen molar-refractivity contribution >= 4 is 11.8 Å². The van der Waals surface area contributed by atoms with Crippen molar-refractivity contribution in [2.45, 2.75) is 51.0 Å². The number of esters is 1. The molecule has 2 aromatic rings. The number of ether oxygens (including phenoxy) is 1. The molecule has 3 heterocycles. The number of hydrogen-bond acceptors (Lipinski definition) is 5. The first-order chi connectivity index (χ1) is 12.8. The molecule has 1 saturated heterocycles. The van der Waals surface area contributed by atoms with Crippen molar-refractivity contribution in [1.29, 1.82) is 0 Å². The Morgan fingerprint density at radius 1 is 1.15 bits per heavy atom. The van der Waals surface area contributed by atoms with Gasteiger partial charge in [0.15, 0.2) is 0 Å². The third-order valence-electron chi connectivity index (χ3n) is 5.56. The van der Waals surface area contributed by atoms with Gasteiger partial charge in [-0.2, -0.15) is 5.10 Å². The molecule has 26 heavy (non-hydrogen) atoms. The summed E-state index contributed by atoms with van der Waals surface area (Å²) in [5.74, 6) is 0.600. The average molecular weight is 354 g/mol. The number of anilines is 1. The van der Waals surface area contributed by atoms with Gasteiger partial charge in [0, 0.05) is 31.0 Å². The Bertz CT molecular complexity index is 774. The summed E-state index contributed by atoms with van der Waals surface area (Å²) in [6, 6.07) is 4.40. The molecule has 0 N–H and O–H groups in total. The van der Waals surface area contributed by atoms with Crippen LogP contribution in [0, 0.1) is 0 Å². The fraction of sp³-hybridized carbons (Fsp3) is 0.550. The van der Waals surface area contributed by atoms with E-state index in [1.165, 1.54) is 39.2 Å². The largest absolute Gasteiger partial charge is 0.465 e. The lowest BCUT2D eigenvalue weighted by molar-refractivity contribution is 0.0600. The van der Waals surface area contributed by atoms with Gasteiger partial charge < -0.3 is 9.64 Å². The van der Waals surface area contributed by atoms with Crippen LogP contribution in [0.1, 0.15) is 61.3 Å². The van der Waals surface area contributed by atoms with Gasteiger partial charge in [-0.1, -0.05) is 19.3 Å². The van der Waals surface area contributed by atoms with Crippen LogP contribution in [-0.2, 0) is 4.74 Å². The van der Waals surface area contributed by atoms with Crippen LogP contribution in [0.4, 0.5) is 5.82 Å². The fourth-order valence-electron chi connectivity index (χ4n) is 4.20. The summed E-state index contributed by atoms with van der Waals surface area (Å²) in [4.78, 5) is 19.0. The lowest BCUT2D eigenvalue weighted by Gasteiger charge is -2.26. The first-order valence-electron chi connectivity index (χ1n) is 9.65. The van der Waals surface area contributed by atoms with Gasteiger partial charge in [-0.05, 0) is 37.8 Å². The molecule has 2 aliphatic rings. The standard InChI is InChI=1S/C20H26N4O2/c1-26-20(25)15-13-17(19(21-14-15)23-11-5-6-12-23)18-9-10-22-24(18)16-7-3-2-4-8-16/h9-10,13-14,16H,2-8,11-12H2,1H3. The number of hydrogen-bond donors (Lipinski definition) is 0. The van der Waals surface area contributed by atoms with Gasteiger partial charge in [0.25, 0.3) is 0 Å². The Morgan fingerprint density at radius 2 is 1.92 bits per heavy atom. The Balaban J connectivity index is 1.78. The Morgan fingerprint density at radius 3 is 2.65 bits per heavy atom. The predicted molar refractivity (Wildman–Crippen MR) is 100 cm³/mol. The summed E-state index contributed by atoms with van der Waals surface area (Å²) < 4.78 is 7.06. The molecule has 6 heteroatoms. The number of carbonyl (C=O) groups is 1. The van der Waals surface area contributed by atoms with E-state index in [1.54, 1.807) is 6.20 Å². The van der Waals surface area contributed by atoms with Crippen LogP contribution in [-0.4, -0.2) is 40.9 Å². The van der Waals surface area contributed by atoms with E-state index in [9.17, 15) is 4.79 Å². The van der Waals surface area contributed by atoms with Crippen molar-refractivity contribution in [2.75, 3.05) is 25.1 Å². The number of methoxy groups -OCH3 is 1. The molecule has 2 aromatic heterocycles. The molecule has 1 aliphatic heterocycles. The molecule has 2 fully saturated rings. The highest BCUT2D eigenvalue weighted by molar-refractivity contribution is 5.92. The van der Waals surface area contributed by atoms with E-state index >= 15 is 0 Å². The third-order valence-corrected chi connectivity index (χ3v) is 5.56. The maximum Gasteiger partial charge on any atom is 0.339 e. The van der Waals surface area contributed by atoms with E-state index in [0.717, 1.165) is 43.0 Å². The summed E-state index contributed by atoms with van der Waals surface area (Å²) in [6.07, 6.45) is 12.0. The Kier molecular flexibility index (Phi) is 4.91. The van der Waals surface area contributed by atoms with E-state index in [0.29, 0.717) is 11.6 Å². The van der Waals surface area contributed by atoms with Crippen LogP contribution in [0.15, 0.2) is 24.5 Å². The average Bonchev–Trinajstić information content (AvgIpc) is 3.39. The number of pyridine rings is 1. The summed E-state index contributed by atoms with van der Waals surface area (Å²) >= 11 is 0. The van der Waals surface area contributed by atoms with Crippen LogP contribution < -0.4 is 4.90 Å². The minimum Gasteiger partial charge on any atom is -0.465 e. The normalized spacial score (nSPS) is 18.3. The third kappa shape index (κ3) is 3.20. The second kappa shape index (κ2) is 7.48. The van der Waals surface area contributed by atoms with E-state index in [2.05, 4.69) is 19.7 Å². The van der Waals surface area contributed by atoms with Crippen molar-refractivity contribution in [2.24, 2.45) is 0 Å². The lowest BCUT2D eigenvalue weighted by atomic mass is 9.95.